The summed E-state index contributed by atoms with van der Waals surface area (Å²) in [6, 6.07) is 5.69. The van der Waals surface area contributed by atoms with Crippen molar-refractivity contribution in [2.24, 2.45) is 0 Å². The van der Waals surface area contributed by atoms with Crippen LogP contribution in [0.5, 0.6) is 0 Å². The van der Waals surface area contributed by atoms with Crippen LogP contribution in [0.4, 0.5) is 0 Å². The van der Waals surface area contributed by atoms with Crippen LogP contribution < -0.4 is 0 Å². The number of fused-ring (bicyclic) bond motifs is 5. The number of carbonyl (C=O) groups excluding carboxylic acids is 1. The van der Waals surface area contributed by atoms with E-state index in [1.54, 1.807) is 20.2 Å². The number of rotatable bonds is 0. The molecule has 2 aromatic rings. The van der Waals surface area contributed by atoms with Crippen LogP contribution in [-0.4, -0.2) is 37.6 Å². The molecule has 1 N–H and O–H groups in total. The summed E-state index contributed by atoms with van der Waals surface area (Å²) in [5.74, 6) is 5.89. The summed E-state index contributed by atoms with van der Waals surface area (Å²) in [6.45, 7) is 4.02. The molecule has 25 heavy (non-hydrogen) atoms. The van der Waals surface area contributed by atoms with Gasteiger partial charge in [-0.25, -0.2) is 4.98 Å². The number of benzene rings is 1. The molecule has 1 saturated heterocycles. The second-order valence-electron chi connectivity index (χ2n) is 6.95. The lowest BCUT2D eigenvalue weighted by Crippen LogP contribution is -2.30. The van der Waals surface area contributed by atoms with Crippen molar-refractivity contribution < 1.29 is 9.90 Å². The Bertz CT molecular complexity index is 930. The third kappa shape index (κ3) is 2.68. The first-order valence-electron chi connectivity index (χ1n) is 8.29. The van der Waals surface area contributed by atoms with Crippen molar-refractivity contribution in [3.63, 3.8) is 0 Å². The van der Waals surface area contributed by atoms with Gasteiger partial charge in [0.15, 0.2) is 0 Å². The molecule has 2 aliphatic rings. The maximum Gasteiger partial charge on any atom is 0.257 e. The Kier molecular flexibility index (Phi) is 3.75. The summed E-state index contributed by atoms with van der Waals surface area (Å²) in [6.07, 6.45) is 3.57. The van der Waals surface area contributed by atoms with Gasteiger partial charge in [0, 0.05) is 11.0 Å². The van der Waals surface area contributed by atoms with Crippen molar-refractivity contribution in [2.75, 3.05) is 6.54 Å². The van der Waals surface area contributed by atoms with Gasteiger partial charge in [-0.05, 0) is 60.7 Å². The van der Waals surface area contributed by atoms with Crippen LogP contribution in [0.25, 0.3) is 5.69 Å². The molecule has 3 heterocycles. The highest BCUT2D eigenvalue weighted by atomic mass is 79.9. The second-order valence-corrected chi connectivity index (χ2v) is 7.80. The third-order valence-corrected chi connectivity index (χ3v) is 5.25. The topological polar surface area (TPSA) is 58.4 Å². The van der Waals surface area contributed by atoms with E-state index in [4.69, 9.17) is 0 Å². The first-order chi connectivity index (χ1) is 11.9. The molecule has 128 valence electrons. The van der Waals surface area contributed by atoms with Crippen molar-refractivity contribution in [3.8, 4) is 17.5 Å². The van der Waals surface area contributed by atoms with Crippen LogP contribution in [0.2, 0.25) is 0 Å². The van der Waals surface area contributed by atoms with Gasteiger partial charge in [-0.1, -0.05) is 12.0 Å². The van der Waals surface area contributed by atoms with E-state index < -0.39 is 5.60 Å². The number of aliphatic hydroxyl groups is 1. The lowest BCUT2D eigenvalue weighted by Gasteiger charge is -2.22. The number of hydrogen-bond acceptors (Lipinski definition) is 3. The molecule has 0 radical (unpaired) electrons. The maximum absolute atomic E-state index is 13.1. The van der Waals surface area contributed by atoms with E-state index >= 15 is 0 Å². The molecule has 1 amide bonds. The largest absolute Gasteiger partial charge is 0.378 e. The van der Waals surface area contributed by atoms with Crippen molar-refractivity contribution in [2.45, 2.75) is 38.3 Å². The van der Waals surface area contributed by atoms with E-state index in [0.717, 1.165) is 35.2 Å². The highest BCUT2D eigenvalue weighted by molar-refractivity contribution is 9.10. The highest BCUT2D eigenvalue weighted by Crippen LogP contribution is 2.41. The van der Waals surface area contributed by atoms with Crippen LogP contribution in [-0.2, 0) is 0 Å². The quantitative estimate of drug-likeness (QED) is 0.692. The van der Waals surface area contributed by atoms with Gasteiger partial charge >= 0.3 is 0 Å². The first kappa shape index (κ1) is 16.4. The summed E-state index contributed by atoms with van der Waals surface area (Å²) >= 11 is 3.53. The predicted octanol–water partition coefficient (Wildman–Crippen LogP) is 3.05. The number of amides is 1. The summed E-state index contributed by atoms with van der Waals surface area (Å²) in [4.78, 5) is 19.5. The van der Waals surface area contributed by atoms with E-state index in [1.165, 1.54) is 0 Å². The van der Waals surface area contributed by atoms with Crippen LogP contribution >= 0.6 is 15.9 Å². The van der Waals surface area contributed by atoms with E-state index in [0.29, 0.717) is 11.3 Å². The Morgan fingerprint density at radius 3 is 2.96 bits per heavy atom. The molecule has 0 unspecified atom stereocenters. The minimum Gasteiger partial charge on any atom is -0.378 e. The summed E-state index contributed by atoms with van der Waals surface area (Å²) in [7, 11) is 0. The van der Waals surface area contributed by atoms with E-state index in [2.05, 4.69) is 32.8 Å². The van der Waals surface area contributed by atoms with Crippen LogP contribution in [0.15, 0.2) is 29.0 Å². The summed E-state index contributed by atoms with van der Waals surface area (Å²) < 4.78 is 2.76. The van der Waals surface area contributed by atoms with E-state index in [9.17, 15) is 9.90 Å². The van der Waals surface area contributed by atoms with Gasteiger partial charge in [0.05, 0.1) is 23.0 Å². The number of hydrogen-bond donors (Lipinski definition) is 1. The van der Waals surface area contributed by atoms with E-state index in [-0.39, 0.29) is 11.9 Å². The zero-order chi connectivity index (χ0) is 17.8. The van der Waals surface area contributed by atoms with Crippen molar-refractivity contribution in [3.05, 3.63) is 46.0 Å². The zero-order valence-electron chi connectivity index (χ0n) is 14.1. The molecular formula is C19H18BrN3O2. The highest BCUT2D eigenvalue weighted by Gasteiger charge is 2.39. The van der Waals surface area contributed by atoms with Gasteiger partial charge in [-0.3, -0.25) is 9.36 Å². The molecule has 4 rings (SSSR count). The first-order valence-corrected chi connectivity index (χ1v) is 9.09. The summed E-state index contributed by atoms with van der Waals surface area (Å²) in [5, 5.41) is 9.92. The van der Waals surface area contributed by atoms with Gasteiger partial charge in [-0.2, -0.15) is 0 Å². The maximum atomic E-state index is 13.1. The van der Waals surface area contributed by atoms with Crippen molar-refractivity contribution in [1.29, 1.82) is 0 Å². The molecule has 0 spiro atoms. The number of carbonyl (C=O) groups is 1. The van der Waals surface area contributed by atoms with Crippen LogP contribution in [0.3, 0.4) is 0 Å². The molecular weight excluding hydrogens is 382 g/mol. The lowest BCUT2D eigenvalue weighted by molar-refractivity contribution is 0.0737. The molecule has 1 fully saturated rings. The van der Waals surface area contributed by atoms with Gasteiger partial charge in [0.1, 0.15) is 17.6 Å². The molecule has 2 aliphatic heterocycles. The van der Waals surface area contributed by atoms with E-state index in [1.807, 2.05) is 27.7 Å². The predicted molar refractivity (Wildman–Crippen MR) is 97.5 cm³/mol. The number of aromatic nitrogens is 2. The average Bonchev–Trinajstić information content (AvgIpc) is 3.15. The van der Waals surface area contributed by atoms with Crippen molar-refractivity contribution in [1.82, 2.24) is 14.5 Å². The standard InChI is InChI=1S/C19H18BrN3O2/c1-19(2,25)9-8-13-17-15-7-4-10-22(15)18(24)16-12(20)5-3-6-14(16)23(17)11-21-13/h3,5-6,11,15,25H,4,7,10H2,1-2H3/t15-/m0/s1. The number of nitrogens with zero attached hydrogens (tertiary/aromatic N) is 3. The third-order valence-electron chi connectivity index (χ3n) is 4.59. The Balaban J connectivity index is 1.98. The Morgan fingerprint density at radius 1 is 1.40 bits per heavy atom. The minimum absolute atomic E-state index is 0.0371. The molecule has 0 aliphatic carbocycles. The van der Waals surface area contributed by atoms with Gasteiger partial charge in [0.2, 0.25) is 0 Å². The van der Waals surface area contributed by atoms with Gasteiger partial charge in [-0.15, -0.1) is 0 Å². The molecule has 6 heteroatoms. The molecule has 1 aromatic carbocycles. The molecule has 1 atom stereocenters. The second kappa shape index (κ2) is 5.72. The molecule has 0 saturated carbocycles. The fraction of sp³-hybridized carbons (Fsp3) is 0.368. The fourth-order valence-electron chi connectivity index (χ4n) is 3.54. The minimum atomic E-state index is -1.09. The average molecular weight is 400 g/mol. The normalized spacial score (nSPS) is 18.8. The Hall–Kier alpha value is -2.10. The SMILES string of the molecule is CC(C)(O)C#Cc1ncn2c1[C@@H]1CCCN1C(=O)c1c(Br)cccc1-2. The fourth-order valence-corrected chi connectivity index (χ4v) is 4.06. The van der Waals surface area contributed by atoms with Crippen LogP contribution in [0.1, 0.15) is 54.5 Å². The Labute approximate surface area is 154 Å². The van der Waals surface area contributed by atoms with Gasteiger partial charge in [0.25, 0.3) is 5.91 Å². The smallest absolute Gasteiger partial charge is 0.257 e. The summed E-state index contributed by atoms with van der Waals surface area (Å²) in [5.41, 5.74) is 1.94. The molecule has 1 aromatic heterocycles. The Morgan fingerprint density at radius 2 is 2.20 bits per heavy atom. The monoisotopic (exact) mass is 399 g/mol. The zero-order valence-corrected chi connectivity index (χ0v) is 15.7. The number of imidazole rings is 1. The van der Waals surface area contributed by atoms with Gasteiger partial charge < -0.3 is 10.0 Å². The van der Waals surface area contributed by atoms with Crippen molar-refractivity contribution >= 4 is 21.8 Å². The molecule has 0 bridgehead atoms. The number of halogens is 1. The van der Waals surface area contributed by atoms with Crippen LogP contribution in [0, 0.1) is 11.8 Å². The molecule has 5 nitrogen and oxygen atoms in total. The lowest BCUT2D eigenvalue weighted by atomic mass is 10.1.